The van der Waals surface area contributed by atoms with Gasteiger partial charge >= 0.3 is 10.8 Å². The molecule has 0 aliphatic heterocycles. The molecule has 0 fully saturated rings. The van der Waals surface area contributed by atoms with E-state index in [4.69, 9.17) is 9.84 Å². The fourth-order valence-corrected chi connectivity index (χ4v) is 2.84. The fraction of sp³-hybridized carbons (Fsp3) is 0.333. The molecule has 2 rings (SSSR count). The van der Waals surface area contributed by atoms with Gasteiger partial charge in [-0.2, -0.15) is 0 Å². The molecule has 1 aromatic heterocycles. The number of aryl methyl sites for hydroxylation is 1. The van der Waals surface area contributed by atoms with Crippen molar-refractivity contribution in [2.24, 2.45) is 0 Å². The van der Waals surface area contributed by atoms with Gasteiger partial charge in [0.05, 0.1) is 6.61 Å². The van der Waals surface area contributed by atoms with Crippen LogP contribution in [0.5, 0.6) is 5.75 Å². The van der Waals surface area contributed by atoms with E-state index in [0.717, 1.165) is 17.1 Å². The van der Waals surface area contributed by atoms with Crippen molar-refractivity contribution in [2.75, 3.05) is 6.61 Å². The maximum absolute atomic E-state index is 11.7. The van der Waals surface area contributed by atoms with Crippen molar-refractivity contribution in [3.05, 3.63) is 50.1 Å². The second kappa shape index (κ2) is 6.58. The van der Waals surface area contributed by atoms with Crippen LogP contribution in [0.1, 0.15) is 27.3 Å². The lowest BCUT2D eigenvalue weighted by Crippen LogP contribution is -2.16. The third-order valence-electron chi connectivity index (χ3n) is 3.15. The number of hydrogen-bond acceptors (Lipinski definition) is 4. The van der Waals surface area contributed by atoms with Crippen LogP contribution in [0.2, 0.25) is 0 Å². The van der Waals surface area contributed by atoms with Gasteiger partial charge in [-0.1, -0.05) is 29.0 Å². The van der Waals surface area contributed by atoms with Crippen LogP contribution in [-0.2, 0) is 6.54 Å². The summed E-state index contributed by atoms with van der Waals surface area (Å²) < 4.78 is 7.08. The van der Waals surface area contributed by atoms with Crippen molar-refractivity contribution in [3.63, 3.8) is 0 Å². The molecule has 0 saturated heterocycles. The van der Waals surface area contributed by atoms with Crippen LogP contribution in [0.25, 0.3) is 0 Å². The molecule has 0 unspecified atom stereocenters. The Labute approximate surface area is 126 Å². The molecule has 1 N–H and O–H groups in total. The van der Waals surface area contributed by atoms with Gasteiger partial charge in [-0.3, -0.25) is 4.79 Å². The van der Waals surface area contributed by atoms with Crippen LogP contribution in [0, 0.1) is 13.8 Å². The van der Waals surface area contributed by atoms with Gasteiger partial charge in [0.15, 0.2) is 0 Å². The first-order valence-corrected chi connectivity index (χ1v) is 7.43. The summed E-state index contributed by atoms with van der Waals surface area (Å²) in [5.74, 6) is -0.259. The van der Waals surface area contributed by atoms with Crippen molar-refractivity contribution < 1.29 is 14.6 Å². The third-order valence-corrected chi connectivity index (χ3v) is 4.22. The van der Waals surface area contributed by atoms with E-state index in [1.807, 2.05) is 31.2 Å². The number of aromatic nitrogens is 1. The zero-order chi connectivity index (χ0) is 15.4. The van der Waals surface area contributed by atoms with E-state index in [0.29, 0.717) is 25.3 Å². The van der Waals surface area contributed by atoms with Gasteiger partial charge in [0, 0.05) is 12.2 Å². The summed E-state index contributed by atoms with van der Waals surface area (Å²) in [7, 11) is 0. The minimum Gasteiger partial charge on any atom is -0.494 e. The molecule has 0 saturated carbocycles. The van der Waals surface area contributed by atoms with Crippen molar-refractivity contribution in [2.45, 2.75) is 26.8 Å². The van der Waals surface area contributed by atoms with E-state index in [2.05, 4.69) is 0 Å². The number of nitrogens with zero attached hydrogens (tertiary/aromatic N) is 1. The number of carbonyl (C=O) groups is 1. The van der Waals surface area contributed by atoms with Gasteiger partial charge in [-0.15, -0.1) is 0 Å². The van der Waals surface area contributed by atoms with Crippen molar-refractivity contribution >= 4 is 17.3 Å². The lowest BCUT2D eigenvalue weighted by Gasteiger charge is -2.08. The largest absolute Gasteiger partial charge is 0.494 e. The summed E-state index contributed by atoms with van der Waals surface area (Å²) in [6.45, 7) is 4.60. The van der Waals surface area contributed by atoms with Crippen LogP contribution >= 0.6 is 11.3 Å². The molecule has 6 heteroatoms. The molecule has 0 bridgehead atoms. The summed E-state index contributed by atoms with van der Waals surface area (Å²) in [6.07, 6.45) is 0.643. The highest BCUT2D eigenvalue weighted by atomic mass is 32.1. The molecule has 0 atom stereocenters. The van der Waals surface area contributed by atoms with E-state index in [9.17, 15) is 9.59 Å². The standard InChI is InChI=1S/C15H17NO4S/c1-10-4-6-12(7-5-10)20-9-3-8-16-11(2)13(14(17)18)21-15(16)19/h4-7H,3,8-9H2,1-2H3,(H,17,18). The first-order valence-electron chi connectivity index (χ1n) is 6.62. The topological polar surface area (TPSA) is 68.5 Å². The molecule has 0 aliphatic carbocycles. The van der Waals surface area contributed by atoms with Gasteiger partial charge in [0.2, 0.25) is 0 Å². The monoisotopic (exact) mass is 307 g/mol. The normalized spacial score (nSPS) is 10.6. The molecule has 0 radical (unpaired) electrons. The average molecular weight is 307 g/mol. The predicted octanol–water partition coefficient (Wildman–Crippen LogP) is 2.69. The van der Waals surface area contributed by atoms with Crippen LogP contribution in [0.4, 0.5) is 0 Å². The van der Waals surface area contributed by atoms with Crippen LogP contribution in [0.15, 0.2) is 29.1 Å². The number of thiazole rings is 1. The highest BCUT2D eigenvalue weighted by Crippen LogP contribution is 2.13. The van der Waals surface area contributed by atoms with Crippen molar-refractivity contribution in [1.29, 1.82) is 0 Å². The molecule has 112 valence electrons. The molecular weight excluding hydrogens is 290 g/mol. The summed E-state index contributed by atoms with van der Waals surface area (Å²) in [5.41, 5.74) is 1.68. The van der Waals surface area contributed by atoms with Crippen LogP contribution in [-0.4, -0.2) is 22.2 Å². The molecule has 0 amide bonds. The number of carboxylic acids is 1. The van der Waals surface area contributed by atoms with Crippen LogP contribution in [0.3, 0.4) is 0 Å². The zero-order valence-corrected chi connectivity index (χ0v) is 12.8. The number of ether oxygens (including phenoxy) is 1. The molecule has 21 heavy (non-hydrogen) atoms. The minimum absolute atomic E-state index is 0.111. The Kier molecular flexibility index (Phi) is 4.80. The Morgan fingerprint density at radius 2 is 1.95 bits per heavy atom. The van der Waals surface area contributed by atoms with E-state index < -0.39 is 5.97 Å². The zero-order valence-electron chi connectivity index (χ0n) is 12.0. The maximum atomic E-state index is 11.7. The van der Waals surface area contributed by atoms with Gasteiger partial charge in [-0.25, -0.2) is 4.79 Å². The number of carboxylic acid groups (broad SMARTS) is 1. The molecular formula is C15H17NO4S. The lowest BCUT2D eigenvalue weighted by atomic mass is 10.2. The Balaban J connectivity index is 1.91. The minimum atomic E-state index is -1.05. The molecule has 2 aromatic rings. The summed E-state index contributed by atoms with van der Waals surface area (Å²) in [5, 5.41) is 8.98. The van der Waals surface area contributed by atoms with Gasteiger partial charge < -0.3 is 14.4 Å². The van der Waals surface area contributed by atoms with E-state index >= 15 is 0 Å². The summed E-state index contributed by atoms with van der Waals surface area (Å²) >= 11 is 0.772. The molecule has 1 heterocycles. The fourth-order valence-electron chi connectivity index (χ4n) is 1.98. The Morgan fingerprint density at radius 3 is 2.52 bits per heavy atom. The number of benzene rings is 1. The molecule has 0 spiro atoms. The van der Waals surface area contributed by atoms with Gasteiger partial charge in [-0.05, 0) is 32.4 Å². The van der Waals surface area contributed by atoms with E-state index in [-0.39, 0.29) is 9.75 Å². The highest BCUT2D eigenvalue weighted by Gasteiger charge is 2.16. The number of rotatable bonds is 6. The quantitative estimate of drug-likeness (QED) is 0.833. The third kappa shape index (κ3) is 3.72. The predicted molar refractivity (Wildman–Crippen MR) is 81.6 cm³/mol. The second-order valence-corrected chi connectivity index (χ2v) is 5.72. The number of aromatic carboxylic acids is 1. The van der Waals surface area contributed by atoms with Crippen molar-refractivity contribution in [3.8, 4) is 5.75 Å². The van der Waals surface area contributed by atoms with Gasteiger partial charge in [0.25, 0.3) is 0 Å². The molecule has 0 aliphatic rings. The SMILES string of the molecule is Cc1ccc(OCCCn2c(C)c(C(=O)O)sc2=O)cc1. The molecule has 1 aromatic carbocycles. The van der Waals surface area contributed by atoms with Crippen molar-refractivity contribution in [1.82, 2.24) is 4.57 Å². The van der Waals surface area contributed by atoms with E-state index in [1.54, 1.807) is 6.92 Å². The maximum Gasteiger partial charge on any atom is 0.347 e. The molecule has 5 nitrogen and oxygen atoms in total. The Morgan fingerprint density at radius 1 is 1.29 bits per heavy atom. The average Bonchev–Trinajstić information content (AvgIpc) is 2.73. The first kappa shape index (κ1) is 15.3. The first-order chi connectivity index (χ1) is 9.99. The number of hydrogen-bond donors (Lipinski definition) is 1. The smallest absolute Gasteiger partial charge is 0.347 e. The highest BCUT2D eigenvalue weighted by molar-refractivity contribution is 7.11. The second-order valence-electron chi connectivity index (χ2n) is 4.75. The summed E-state index contributed by atoms with van der Waals surface area (Å²) in [4.78, 5) is 22.6. The van der Waals surface area contributed by atoms with Gasteiger partial charge in [0.1, 0.15) is 10.6 Å². The summed E-state index contributed by atoms with van der Waals surface area (Å²) in [6, 6.07) is 7.75. The Bertz CT molecular complexity index is 685. The van der Waals surface area contributed by atoms with Crippen LogP contribution < -0.4 is 9.61 Å². The van der Waals surface area contributed by atoms with E-state index in [1.165, 1.54) is 10.1 Å². The Hall–Kier alpha value is -2.08. The lowest BCUT2D eigenvalue weighted by molar-refractivity contribution is 0.0700.